The minimum atomic E-state index is -0.657. The van der Waals surface area contributed by atoms with Crippen LogP contribution in [0.2, 0.25) is 0 Å². The van der Waals surface area contributed by atoms with Gasteiger partial charge in [-0.15, -0.1) is 10.1 Å². The van der Waals surface area contributed by atoms with E-state index >= 15 is 0 Å². The van der Waals surface area contributed by atoms with Gasteiger partial charge >= 0.3 is 0 Å². The summed E-state index contributed by atoms with van der Waals surface area (Å²) < 4.78 is 0. The molecule has 2 aromatic rings. The third-order valence-corrected chi connectivity index (χ3v) is 18.7. The van der Waals surface area contributed by atoms with Crippen molar-refractivity contribution in [2.24, 2.45) is 0 Å². The van der Waals surface area contributed by atoms with Crippen LogP contribution in [-0.4, -0.2) is 56.3 Å². The number of carbonyl (C=O) groups excluding carboxylic acids is 4. The number of rotatable bonds is 62. The molecule has 556 valence electrons. The SMILES string of the molecule is CCCCC/C=C\C/C=C\CCCCCCCCC(CCCCCCCC/C=C\C/C=C\CCCCC)ON1C(=O)c2ccccc2C1=O.CCCCC/C=C\C/C=C\CCCCCCCCC(O)CCCCCCCC/C=C\C/C=C\CCCCC.O=C1c2ccccc2C(=O)N1O. The first-order chi connectivity index (χ1) is 48.7. The Morgan fingerprint density at radius 3 is 0.758 bits per heavy atom. The minimum Gasteiger partial charge on any atom is -0.393 e. The van der Waals surface area contributed by atoms with Crippen molar-refractivity contribution < 1.29 is 34.3 Å². The van der Waals surface area contributed by atoms with Crippen LogP contribution in [0.15, 0.2) is 146 Å². The van der Waals surface area contributed by atoms with E-state index in [9.17, 15) is 24.3 Å². The van der Waals surface area contributed by atoms with Gasteiger partial charge in [0, 0.05) is 0 Å². The van der Waals surface area contributed by atoms with Crippen molar-refractivity contribution in [3.8, 4) is 0 Å². The number of hydrogen-bond acceptors (Lipinski definition) is 7. The number of fused-ring (bicyclic) bond motifs is 2. The topological polar surface area (TPSA) is 124 Å². The van der Waals surface area contributed by atoms with Gasteiger partial charge in [-0.2, -0.15) is 0 Å². The number of hydrogen-bond donors (Lipinski definition) is 2. The molecule has 0 unspecified atom stereocenters. The Morgan fingerprint density at radius 2 is 0.505 bits per heavy atom. The van der Waals surface area contributed by atoms with Crippen LogP contribution in [0.3, 0.4) is 0 Å². The molecule has 0 fully saturated rings. The zero-order valence-electron chi connectivity index (χ0n) is 63.6. The summed E-state index contributed by atoms with van der Waals surface area (Å²) in [5.41, 5.74) is 1.41. The molecule has 2 N–H and O–H groups in total. The van der Waals surface area contributed by atoms with Crippen molar-refractivity contribution in [3.05, 3.63) is 168 Å². The molecular formula is C90H144N2O7. The first-order valence-electron chi connectivity index (χ1n) is 40.9. The summed E-state index contributed by atoms with van der Waals surface area (Å²) >= 11 is 0. The van der Waals surface area contributed by atoms with Gasteiger partial charge in [-0.3, -0.25) is 29.2 Å². The van der Waals surface area contributed by atoms with Gasteiger partial charge in [0.1, 0.15) is 0 Å². The third kappa shape index (κ3) is 48.9. The number of amides is 4. The highest BCUT2D eigenvalue weighted by atomic mass is 16.7. The molecule has 9 nitrogen and oxygen atoms in total. The Balaban J connectivity index is 0.000000585. The number of allylic oxidation sites excluding steroid dienone is 16. The fraction of sp³-hybridized carbons (Fsp3) is 0.644. The van der Waals surface area contributed by atoms with Crippen molar-refractivity contribution in [2.45, 2.75) is 374 Å². The molecule has 0 spiro atoms. The lowest BCUT2D eigenvalue weighted by Gasteiger charge is -2.22. The van der Waals surface area contributed by atoms with Crippen molar-refractivity contribution in [3.63, 3.8) is 0 Å². The lowest BCUT2D eigenvalue weighted by Crippen LogP contribution is -2.34. The maximum Gasteiger partial charge on any atom is 0.285 e. The van der Waals surface area contributed by atoms with E-state index in [-0.39, 0.29) is 40.2 Å². The standard InChI is InChI=1S/C45H71NO3.C37H68O.C8H5NO3/c1-3-5-7-9-11-13-15-17-19-21-23-25-27-29-31-33-37-41(49-46-44(47)42-39-35-36-40-43(42)45(46)48)38-34-32-30-28-26-24-22-20-18-16-14-12-10-8-6-4-2;1-3-5-7-9-11-13-15-17-19-21-23-25-27-29-31-33-35-37(38)36-34-32-30-28-26-24-22-20-18-16-14-12-10-8-6-4-2;10-7-5-3-1-2-4-6(5)8(11)9(7)12/h11-14,17-20,35-36,39-41H,3-10,15-16,21-34,37-38H2,1-2H3;11-14,17-20,37-38H,3-10,15-16,21-36H2,1-2H3;1-4,12H/b2*13-11-,14-12-,19-17-,20-18-;. The Bertz CT molecular complexity index is 2370. The summed E-state index contributed by atoms with van der Waals surface area (Å²) in [5, 5.41) is 20.3. The predicted octanol–water partition coefficient (Wildman–Crippen LogP) is 27.4. The van der Waals surface area contributed by atoms with E-state index in [1.54, 1.807) is 36.4 Å². The Morgan fingerprint density at radius 1 is 0.293 bits per heavy atom. The summed E-state index contributed by atoms with van der Waals surface area (Å²) in [6, 6.07) is 13.3. The molecule has 0 saturated carbocycles. The minimum absolute atomic E-state index is 0.0633. The van der Waals surface area contributed by atoms with E-state index in [1.165, 1.54) is 282 Å². The van der Waals surface area contributed by atoms with E-state index in [2.05, 4.69) is 125 Å². The first-order valence-corrected chi connectivity index (χ1v) is 40.9. The first kappa shape index (κ1) is 89.6. The molecule has 0 saturated heterocycles. The molecule has 2 heterocycles. The lowest BCUT2D eigenvalue weighted by atomic mass is 10.0. The van der Waals surface area contributed by atoms with Crippen LogP contribution < -0.4 is 0 Å². The van der Waals surface area contributed by atoms with E-state index in [0.29, 0.717) is 11.1 Å². The van der Waals surface area contributed by atoms with Crippen molar-refractivity contribution in [1.29, 1.82) is 0 Å². The molecule has 0 radical (unpaired) electrons. The van der Waals surface area contributed by atoms with Crippen LogP contribution in [0.5, 0.6) is 0 Å². The third-order valence-electron chi connectivity index (χ3n) is 18.7. The van der Waals surface area contributed by atoms with Crippen molar-refractivity contribution in [2.75, 3.05) is 0 Å². The van der Waals surface area contributed by atoms with Crippen LogP contribution in [0.25, 0.3) is 0 Å². The highest BCUT2D eigenvalue weighted by Gasteiger charge is 2.38. The molecular weight excluding hydrogens is 1220 g/mol. The largest absolute Gasteiger partial charge is 0.393 e. The van der Waals surface area contributed by atoms with E-state index < -0.39 is 11.8 Å². The van der Waals surface area contributed by atoms with Gasteiger partial charge in [0.2, 0.25) is 0 Å². The summed E-state index contributed by atoms with van der Waals surface area (Å²) in [4.78, 5) is 54.2. The number of unbranched alkanes of at least 4 members (excludes halogenated alkanes) is 36. The van der Waals surface area contributed by atoms with E-state index in [0.717, 1.165) is 69.3 Å². The quantitative estimate of drug-likeness (QED) is 0.0292. The molecule has 0 aromatic heterocycles. The second-order valence-corrected chi connectivity index (χ2v) is 27.8. The van der Waals surface area contributed by atoms with Crippen molar-refractivity contribution in [1.82, 2.24) is 10.1 Å². The molecule has 4 rings (SSSR count). The Kier molecular flexibility index (Phi) is 60.7. The fourth-order valence-electron chi connectivity index (χ4n) is 12.4. The molecule has 0 atom stereocenters. The van der Waals surface area contributed by atoms with Gasteiger partial charge < -0.3 is 5.11 Å². The van der Waals surface area contributed by atoms with E-state index in [4.69, 9.17) is 10.0 Å². The van der Waals surface area contributed by atoms with Crippen LogP contribution in [0, 0.1) is 0 Å². The second kappa shape index (κ2) is 67.0. The number of nitrogens with zero attached hydrogens (tertiary/aromatic N) is 2. The van der Waals surface area contributed by atoms with Gasteiger partial charge in [0.25, 0.3) is 23.6 Å². The lowest BCUT2D eigenvalue weighted by molar-refractivity contribution is -0.137. The summed E-state index contributed by atoms with van der Waals surface area (Å²) in [6.45, 7) is 9.03. The molecule has 4 amide bonds. The molecule has 0 bridgehead atoms. The fourth-order valence-corrected chi connectivity index (χ4v) is 12.4. The normalized spacial score (nSPS) is 13.4. The second-order valence-electron chi connectivity index (χ2n) is 27.8. The Hall–Kier alpha value is -5.48. The van der Waals surface area contributed by atoms with Crippen LogP contribution in [0.4, 0.5) is 0 Å². The molecule has 9 heteroatoms. The molecule has 2 aliphatic heterocycles. The number of carbonyl (C=O) groups is 4. The molecule has 2 aromatic carbocycles. The van der Waals surface area contributed by atoms with Gasteiger partial charge in [-0.1, -0.05) is 329 Å². The molecule has 0 aliphatic carbocycles. The number of aliphatic hydroxyl groups is 1. The van der Waals surface area contributed by atoms with E-state index in [1.807, 2.05) is 0 Å². The monoisotopic (exact) mass is 1370 g/mol. The maximum atomic E-state index is 13.0. The zero-order chi connectivity index (χ0) is 71.4. The summed E-state index contributed by atoms with van der Waals surface area (Å²) in [5.74, 6) is -1.95. The molecule has 99 heavy (non-hydrogen) atoms. The maximum absolute atomic E-state index is 13.0. The summed E-state index contributed by atoms with van der Waals surface area (Å²) in [7, 11) is 0. The Labute approximate surface area is 606 Å². The van der Waals surface area contributed by atoms with Gasteiger partial charge in [0.05, 0.1) is 34.5 Å². The van der Waals surface area contributed by atoms with Gasteiger partial charge in [-0.25, -0.2) is 0 Å². The van der Waals surface area contributed by atoms with Gasteiger partial charge in [-0.05, 0) is 178 Å². The zero-order valence-corrected chi connectivity index (χ0v) is 63.6. The smallest absolute Gasteiger partial charge is 0.285 e. The van der Waals surface area contributed by atoms with Gasteiger partial charge in [0.15, 0.2) is 0 Å². The van der Waals surface area contributed by atoms with Crippen molar-refractivity contribution >= 4 is 23.6 Å². The van der Waals surface area contributed by atoms with Crippen LogP contribution >= 0.6 is 0 Å². The average Bonchev–Trinajstić information content (AvgIpc) is 1.65. The predicted molar refractivity (Wildman–Crippen MR) is 422 cm³/mol. The van der Waals surface area contributed by atoms with Crippen LogP contribution in [0.1, 0.15) is 403 Å². The number of benzene rings is 2. The highest BCUT2D eigenvalue weighted by molar-refractivity contribution is 6.21. The number of aliphatic hydroxyl groups excluding tert-OH is 1. The number of hydroxylamine groups is 4. The average molecular weight is 1370 g/mol. The summed E-state index contributed by atoms with van der Waals surface area (Å²) in [6.07, 6.45) is 101. The number of imide groups is 2. The molecule has 2 aliphatic rings. The highest BCUT2D eigenvalue weighted by Crippen LogP contribution is 2.27. The van der Waals surface area contributed by atoms with Crippen LogP contribution in [-0.2, 0) is 4.84 Å².